The van der Waals surface area contributed by atoms with E-state index in [1.54, 1.807) is 6.92 Å². The topological polar surface area (TPSA) is 99.3 Å². The van der Waals surface area contributed by atoms with Crippen LogP contribution < -0.4 is 10.1 Å². The number of carbonyl (C=O) groups is 1. The molecule has 2 rings (SSSR count). The Labute approximate surface area is 141 Å². The minimum absolute atomic E-state index is 0.0142. The highest BCUT2D eigenvalue weighted by atomic mass is 19.3. The Bertz CT molecular complexity index is 820. The van der Waals surface area contributed by atoms with Crippen LogP contribution in [0.4, 0.5) is 20.2 Å². The average Bonchev–Trinajstić information content (AvgIpc) is 2.75. The van der Waals surface area contributed by atoms with Crippen LogP contribution in [0, 0.1) is 30.9 Å². The quantitative estimate of drug-likeness (QED) is 0.635. The molecule has 0 atom stereocenters. The van der Waals surface area contributed by atoms with Crippen molar-refractivity contribution in [1.82, 2.24) is 9.78 Å². The molecule has 0 fully saturated rings. The van der Waals surface area contributed by atoms with Crippen molar-refractivity contribution in [3.05, 3.63) is 45.3 Å². The fourth-order valence-corrected chi connectivity index (χ4v) is 2.38. The van der Waals surface area contributed by atoms with Crippen LogP contribution in [-0.2, 0) is 11.3 Å². The lowest BCUT2D eigenvalue weighted by Gasteiger charge is -2.11. The largest absolute Gasteiger partial charge is 0.435 e. The van der Waals surface area contributed by atoms with E-state index in [0.717, 1.165) is 0 Å². The first-order valence-electron chi connectivity index (χ1n) is 7.22. The van der Waals surface area contributed by atoms with Crippen molar-refractivity contribution in [2.45, 2.75) is 33.9 Å². The molecule has 0 radical (unpaired) electrons. The standard InChI is InChI=1S/C15H16F2N4O4/c1-8-6-11(25-15(16)17)4-5-12(8)18-13(22)7-20-10(3)14(21(23)24)9(2)19-20/h4-6,15H,7H2,1-3H3,(H,18,22). The van der Waals surface area contributed by atoms with Gasteiger partial charge in [0.15, 0.2) is 0 Å². The number of aromatic nitrogens is 2. The van der Waals surface area contributed by atoms with E-state index in [1.807, 2.05) is 0 Å². The maximum absolute atomic E-state index is 12.2. The van der Waals surface area contributed by atoms with E-state index in [0.29, 0.717) is 11.3 Å². The molecule has 134 valence electrons. The zero-order chi connectivity index (χ0) is 18.7. The summed E-state index contributed by atoms with van der Waals surface area (Å²) in [5, 5.41) is 17.6. The summed E-state index contributed by atoms with van der Waals surface area (Å²) in [6.07, 6.45) is 0. The molecule has 0 spiro atoms. The molecule has 1 aromatic heterocycles. The molecule has 1 aromatic carbocycles. The van der Waals surface area contributed by atoms with Crippen molar-refractivity contribution in [3.63, 3.8) is 0 Å². The van der Waals surface area contributed by atoms with Gasteiger partial charge in [0.05, 0.1) is 4.92 Å². The third-order valence-corrected chi connectivity index (χ3v) is 3.52. The predicted octanol–water partition coefficient (Wildman–Crippen LogP) is 2.96. The van der Waals surface area contributed by atoms with Crippen molar-refractivity contribution >= 4 is 17.3 Å². The van der Waals surface area contributed by atoms with Gasteiger partial charge in [-0.15, -0.1) is 0 Å². The van der Waals surface area contributed by atoms with E-state index in [9.17, 15) is 23.7 Å². The Balaban J connectivity index is 2.11. The molecule has 0 bridgehead atoms. The number of hydrogen-bond donors (Lipinski definition) is 1. The van der Waals surface area contributed by atoms with Gasteiger partial charge in [0, 0.05) is 5.69 Å². The number of aryl methyl sites for hydroxylation is 2. The van der Waals surface area contributed by atoms with Crippen LogP contribution in [0.25, 0.3) is 0 Å². The Morgan fingerprint density at radius 2 is 2.08 bits per heavy atom. The summed E-state index contributed by atoms with van der Waals surface area (Å²) in [4.78, 5) is 22.6. The van der Waals surface area contributed by atoms with E-state index < -0.39 is 17.4 Å². The molecule has 0 saturated carbocycles. The highest BCUT2D eigenvalue weighted by Crippen LogP contribution is 2.24. The minimum atomic E-state index is -2.93. The highest BCUT2D eigenvalue weighted by Gasteiger charge is 2.22. The molecule has 25 heavy (non-hydrogen) atoms. The van der Waals surface area contributed by atoms with Gasteiger partial charge >= 0.3 is 12.3 Å². The van der Waals surface area contributed by atoms with Crippen LogP contribution in [0.1, 0.15) is 17.0 Å². The van der Waals surface area contributed by atoms with Crippen LogP contribution >= 0.6 is 0 Å². The van der Waals surface area contributed by atoms with Gasteiger partial charge < -0.3 is 10.1 Å². The normalized spacial score (nSPS) is 10.8. The van der Waals surface area contributed by atoms with Gasteiger partial charge in [0.2, 0.25) is 5.91 Å². The summed E-state index contributed by atoms with van der Waals surface area (Å²) in [6, 6.07) is 4.12. The number of carbonyl (C=O) groups excluding carboxylic acids is 1. The number of nitrogens with zero attached hydrogens (tertiary/aromatic N) is 3. The molecular formula is C15H16F2N4O4. The monoisotopic (exact) mass is 354 g/mol. The van der Waals surface area contributed by atoms with Crippen molar-refractivity contribution < 1.29 is 23.2 Å². The molecule has 8 nitrogen and oxygen atoms in total. The van der Waals surface area contributed by atoms with Crippen LogP contribution in [0.3, 0.4) is 0 Å². The van der Waals surface area contributed by atoms with Gasteiger partial charge in [-0.25, -0.2) is 0 Å². The lowest BCUT2D eigenvalue weighted by Crippen LogP contribution is -2.20. The average molecular weight is 354 g/mol. The zero-order valence-electron chi connectivity index (χ0n) is 13.7. The van der Waals surface area contributed by atoms with Crippen molar-refractivity contribution in [3.8, 4) is 5.75 Å². The summed E-state index contributed by atoms with van der Waals surface area (Å²) >= 11 is 0. The molecule has 0 aliphatic heterocycles. The Hall–Kier alpha value is -3.04. The third-order valence-electron chi connectivity index (χ3n) is 3.52. The smallest absolute Gasteiger partial charge is 0.387 e. The summed E-state index contributed by atoms with van der Waals surface area (Å²) < 4.78 is 29.9. The van der Waals surface area contributed by atoms with Gasteiger partial charge in [0.25, 0.3) is 0 Å². The lowest BCUT2D eigenvalue weighted by molar-refractivity contribution is -0.386. The fraction of sp³-hybridized carbons (Fsp3) is 0.333. The lowest BCUT2D eigenvalue weighted by atomic mass is 10.2. The molecule has 0 aliphatic carbocycles. The Morgan fingerprint density at radius 3 is 2.60 bits per heavy atom. The number of hydrogen-bond acceptors (Lipinski definition) is 5. The highest BCUT2D eigenvalue weighted by molar-refractivity contribution is 5.91. The van der Waals surface area contributed by atoms with Crippen molar-refractivity contribution in [2.75, 3.05) is 5.32 Å². The Morgan fingerprint density at radius 1 is 1.40 bits per heavy atom. The van der Waals surface area contributed by atoms with E-state index >= 15 is 0 Å². The number of nitro groups is 1. The van der Waals surface area contributed by atoms with E-state index in [1.165, 1.54) is 36.7 Å². The van der Waals surface area contributed by atoms with Gasteiger partial charge in [-0.3, -0.25) is 19.6 Å². The maximum Gasteiger partial charge on any atom is 0.387 e. The number of anilines is 1. The summed E-state index contributed by atoms with van der Waals surface area (Å²) in [6.45, 7) is 1.48. The van der Waals surface area contributed by atoms with Gasteiger partial charge in [0.1, 0.15) is 23.7 Å². The molecule has 1 heterocycles. The second kappa shape index (κ2) is 7.24. The SMILES string of the molecule is Cc1cc(OC(F)F)ccc1NC(=O)Cn1nc(C)c([N+](=O)[O-])c1C. The molecule has 0 saturated heterocycles. The van der Waals surface area contributed by atoms with Crippen molar-refractivity contribution in [2.24, 2.45) is 0 Å². The second-order valence-corrected chi connectivity index (χ2v) is 5.34. The summed E-state index contributed by atoms with van der Waals surface area (Å²) in [7, 11) is 0. The second-order valence-electron chi connectivity index (χ2n) is 5.34. The maximum atomic E-state index is 12.2. The third kappa shape index (κ3) is 4.28. The van der Waals surface area contributed by atoms with Crippen LogP contribution in [0.15, 0.2) is 18.2 Å². The number of alkyl halides is 2. The number of amides is 1. The van der Waals surface area contributed by atoms with E-state index in [2.05, 4.69) is 15.2 Å². The van der Waals surface area contributed by atoms with E-state index in [-0.39, 0.29) is 29.4 Å². The van der Waals surface area contributed by atoms with Crippen molar-refractivity contribution in [1.29, 1.82) is 0 Å². The fourth-order valence-electron chi connectivity index (χ4n) is 2.38. The number of rotatable bonds is 6. The molecule has 10 heteroatoms. The Kier molecular flexibility index (Phi) is 5.30. The van der Waals surface area contributed by atoms with Gasteiger partial charge in [-0.05, 0) is 44.5 Å². The zero-order valence-corrected chi connectivity index (χ0v) is 13.7. The first-order chi connectivity index (χ1) is 11.7. The predicted molar refractivity (Wildman–Crippen MR) is 84.8 cm³/mol. The van der Waals surface area contributed by atoms with Crippen LogP contribution in [0.2, 0.25) is 0 Å². The van der Waals surface area contributed by atoms with E-state index in [4.69, 9.17) is 0 Å². The van der Waals surface area contributed by atoms with Gasteiger partial charge in [-0.1, -0.05) is 0 Å². The van der Waals surface area contributed by atoms with Gasteiger partial charge in [-0.2, -0.15) is 13.9 Å². The first-order valence-corrected chi connectivity index (χ1v) is 7.22. The molecule has 1 N–H and O–H groups in total. The first kappa shape index (κ1) is 18.3. The molecule has 0 aliphatic rings. The van der Waals surface area contributed by atoms with Crippen LogP contribution in [-0.4, -0.2) is 27.2 Å². The minimum Gasteiger partial charge on any atom is -0.435 e. The summed E-state index contributed by atoms with van der Waals surface area (Å²) in [5.41, 5.74) is 1.32. The number of benzene rings is 1. The molecule has 0 unspecified atom stereocenters. The number of halogens is 2. The van der Waals surface area contributed by atoms with Crippen LogP contribution in [0.5, 0.6) is 5.75 Å². The number of ether oxygens (including phenoxy) is 1. The molecular weight excluding hydrogens is 338 g/mol. The molecule has 1 amide bonds. The molecule has 2 aromatic rings. The number of nitrogens with one attached hydrogen (secondary N) is 1. The summed E-state index contributed by atoms with van der Waals surface area (Å²) in [5.74, 6) is -0.467.